The first-order valence-corrected chi connectivity index (χ1v) is 9.23. The molecule has 1 saturated heterocycles. The Morgan fingerprint density at radius 1 is 1.11 bits per heavy atom. The summed E-state index contributed by atoms with van der Waals surface area (Å²) in [6.45, 7) is 1.52. The van der Waals surface area contributed by atoms with Crippen molar-refractivity contribution in [1.29, 1.82) is 0 Å². The lowest BCUT2D eigenvalue weighted by Gasteiger charge is -2.22. The van der Waals surface area contributed by atoms with Crippen molar-refractivity contribution in [2.45, 2.75) is 18.9 Å². The van der Waals surface area contributed by atoms with Crippen molar-refractivity contribution >= 4 is 11.0 Å². The molecule has 0 amide bonds. The molecule has 8 heteroatoms. The molecule has 5 rings (SSSR count). The summed E-state index contributed by atoms with van der Waals surface area (Å²) in [6, 6.07) is 13.8. The van der Waals surface area contributed by atoms with Gasteiger partial charge in [0.2, 0.25) is 5.82 Å². The normalized spacial score (nSPS) is 15.2. The molecular weight excluding hydrogens is 358 g/mol. The van der Waals surface area contributed by atoms with Gasteiger partial charge in [0.1, 0.15) is 11.3 Å². The Morgan fingerprint density at radius 2 is 1.96 bits per heavy atom. The molecule has 0 aliphatic carbocycles. The number of methoxy groups -OCH3 is 1. The average Bonchev–Trinajstić information content (AvgIpc) is 3.41. The molecule has 4 aromatic rings. The van der Waals surface area contributed by atoms with Crippen LogP contribution in [0.2, 0.25) is 0 Å². The quantitative estimate of drug-likeness (QED) is 0.538. The van der Waals surface area contributed by atoms with Crippen molar-refractivity contribution < 1.29 is 14.0 Å². The van der Waals surface area contributed by atoms with E-state index < -0.39 is 0 Å². The summed E-state index contributed by atoms with van der Waals surface area (Å²) in [7, 11) is 1.62. The van der Waals surface area contributed by atoms with Gasteiger partial charge in [-0.25, -0.2) is 4.68 Å². The molecule has 28 heavy (non-hydrogen) atoms. The van der Waals surface area contributed by atoms with Gasteiger partial charge in [0.15, 0.2) is 0 Å². The van der Waals surface area contributed by atoms with Gasteiger partial charge in [-0.2, -0.15) is 4.98 Å². The summed E-state index contributed by atoms with van der Waals surface area (Å²) in [5, 5.41) is 12.8. The second-order valence-electron chi connectivity index (χ2n) is 6.70. The largest absolute Gasteiger partial charge is 0.496 e. The van der Waals surface area contributed by atoms with Crippen LogP contribution in [0.4, 0.5) is 0 Å². The summed E-state index contributed by atoms with van der Waals surface area (Å²) < 4.78 is 18.3. The fourth-order valence-corrected chi connectivity index (χ4v) is 3.55. The molecule has 1 aliphatic rings. The van der Waals surface area contributed by atoms with E-state index in [0.29, 0.717) is 23.5 Å². The molecule has 0 N–H and O–H groups in total. The van der Waals surface area contributed by atoms with E-state index in [1.165, 1.54) is 0 Å². The molecular formula is C20H19N5O3. The van der Waals surface area contributed by atoms with E-state index in [4.69, 9.17) is 14.0 Å². The number of hydrogen-bond acceptors (Lipinski definition) is 7. The number of ether oxygens (including phenoxy) is 2. The lowest BCUT2D eigenvalue weighted by Crippen LogP contribution is -2.20. The van der Waals surface area contributed by atoms with Crippen molar-refractivity contribution in [2.24, 2.45) is 0 Å². The summed E-state index contributed by atoms with van der Waals surface area (Å²) in [5.74, 6) is 1.62. The molecule has 0 bridgehead atoms. The Labute approximate surface area is 161 Å². The van der Waals surface area contributed by atoms with Crippen LogP contribution in [0.25, 0.3) is 33.9 Å². The van der Waals surface area contributed by atoms with Crippen LogP contribution in [-0.2, 0) is 4.74 Å². The van der Waals surface area contributed by atoms with Gasteiger partial charge in [-0.3, -0.25) is 0 Å². The SMILES string of the molecule is COc1ccccc1-c1noc(-c2ccc3c(c2)nnn3C2CCOCC2)n1. The Balaban J connectivity index is 1.48. The lowest BCUT2D eigenvalue weighted by atomic mass is 10.1. The molecule has 1 fully saturated rings. The summed E-state index contributed by atoms with van der Waals surface area (Å²) >= 11 is 0. The molecule has 142 valence electrons. The number of aromatic nitrogens is 5. The van der Waals surface area contributed by atoms with Crippen LogP contribution >= 0.6 is 0 Å². The fourth-order valence-electron chi connectivity index (χ4n) is 3.55. The molecule has 1 aliphatic heterocycles. The lowest BCUT2D eigenvalue weighted by molar-refractivity contribution is 0.0669. The molecule has 3 heterocycles. The van der Waals surface area contributed by atoms with Crippen LogP contribution in [0, 0.1) is 0 Å². The monoisotopic (exact) mass is 377 g/mol. The van der Waals surface area contributed by atoms with Crippen LogP contribution in [0.3, 0.4) is 0 Å². The van der Waals surface area contributed by atoms with Crippen molar-refractivity contribution in [3.05, 3.63) is 42.5 Å². The molecule has 2 aromatic carbocycles. The zero-order valence-corrected chi connectivity index (χ0v) is 15.4. The van der Waals surface area contributed by atoms with E-state index >= 15 is 0 Å². The molecule has 0 unspecified atom stereocenters. The first-order chi connectivity index (χ1) is 13.8. The van der Waals surface area contributed by atoms with Crippen LogP contribution in [0.15, 0.2) is 47.0 Å². The second kappa shape index (κ2) is 7.05. The molecule has 2 aromatic heterocycles. The van der Waals surface area contributed by atoms with Crippen LogP contribution in [0.5, 0.6) is 5.75 Å². The number of nitrogens with zero attached hydrogens (tertiary/aromatic N) is 5. The number of fused-ring (bicyclic) bond motifs is 1. The Hall–Kier alpha value is -3.26. The highest BCUT2D eigenvalue weighted by atomic mass is 16.5. The van der Waals surface area contributed by atoms with Crippen molar-refractivity contribution in [3.8, 4) is 28.6 Å². The number of benzene rings is 2. The maximum atomic E-state index is 5.49. The van der Waals surface area contributed by atoms with Crippen molar-refractivity contribution in [1.82, 2.24) is 25.1 Å². The first kappa shape index (κ1) is 16.9. The summed E-state index contributed by atoms with van der Waals surface area (Å²) in [5.41, 5.74) is 3.40. The van der Waals surface area contributed by atoms with Crippen molar-refractivity contribution in [2.75, 3.05) is 20.3 Å². The molecule has 0 radical (unpaired) electrons. The maximum absolute atomic E-state index is 5.49. The highest BCUT2D eigenvalue weighted by Crippen LogP contribution is 2.31. The smallest absolute Gasteiger partial charge is 0.258 e. The van der Waals surface area contributed by atoms with E-state index in [0.717, 1.165) is 48.2 Å². The minimum absolute atomic E-state index is 0.324. The average molecular weight is 377 g/mol. The summed E-state index contributed by atoms with van der Waals surface area (Å²) in [6.07, 6.45) is 1.90. The van der Waals surface area contributed by atoms with Crippen molar-refractivity contribution in [3.63, 3.8) is 0 Å². The van der Waals surface area contributed by atoms with E-state index in [2.05, 4.69) is 20.5 Å². The number of rotatable bonds is 4. The number of hydrogen-bond donors (Lipinski definition) is 0. The third-order valence-electron chi connectivity index (χ3n) is 5.03. The predicted molar refractivity (Wildman–Crippen MR) is 102 cm³/mol. The van der Waals surface area contributed by atoms with Gasteiger partial charge < -0.3 is 14.0 Å². The fraction of sp³-hybridized carbons (Fsp3) is 0.300. The van der Waals surface area contributed by atoms with E-state index in [9.17, 15) is 0 Å². The molecule has 8 nitrogen and oxygen atoms in total. The van der Waals surface area contributed by atoms with Crippen LogP contribution < -0.4 is 4.74 Å². The van der Waals surface area contributed by atoms with E-state index in [1.807, 2.05) is 47.1 Å². The van der Waals surface area contributed by atoms with Gasteiger partial charge in [0.05, 0.1) is 24.2 Å². The Bertz CT molecular complexity index is 1110. The minimum atomic E-state index is 0.324. The van der Waals surface area contributed by atoms with E-state index in [-0.39, 0.29) is 0 Å². The van der Waals surface area contributed by atoms with Gasteiger partial charge in [-0.05, 0) is 43.2 Å². The second-order valence-corrected chi connectivity index (χ2v) is 6.70. The first-order valence-electron chi connectivity index (χ1n) is 9.23. The topological polar surface area (TPSA) is 88.1 Å². The molecule has 0 saturated carbocycles. The Morgan fingerprint density at radius 3 is 2.82 bits per heavy atom. The van der Waals surface area contributed by atoms with Gasteiger partial charge >= 0.3 is 0 Å². The maximum Gasteiger partial charge on any atom is 0.258 e. The zero-order chi connectivity index (χ0) is 18.9. The van der Waals surface area contributed by atoms with E-state index in [1.54, 1.807) is 7.11 Å². The minimum Gasteiger partial charge on any atom is -0.496 e. The van der Waals surface area contributed by atoms with Crippen LogP contribution in [-0.4, -0.2) is 45.5 Å². The number of para-hydroxylation sites is 1. The molecule has 0 atom stereocenters. The third-order valence-corrected chi connectivity index (χ3v) is 5.03. The zero-order valence-electron chi connectivity index (χ0n) is 15.4. The van der Waals surface area contributed by atoms with Gasteiger partial charge in [-0.15, -0.1) is 5.10 Å². The Kier molecular flexibility index (Phi) is 4.25. The standard InChI is InChI=1S/C20H19N5O3/c1-26-18-5-3-2-4-15(18)19-21-20(28-23-19)13-6-7-17-16(12-13)22-24-25(17)14-8-10-27-11-9-14/h2-7,12,14H,8-11H2,1H3. The van der Waals surface area contributed by atoms with Gasteiger partial charge in [0.25, 0.3) is 5.89 Å². The third kappa shape index (κ3) is 2.91. The highest BCUT2D eigenvalue weighted by molar-refractivity contribution is 5.80. The van der Waals surface area contributed by atoms with Crippen LogP contribution in [0.1, 0.15) is 18.9 Å². The summed E-state index contributed by atoms with van der Waals surface area (Å²) in [4.78, 5) is 4.53. The predicted octanol–water partition coefficient (Wildman–Crippen LogP) is 3.51. The highest BCUT2D eigenvalue weighted by Gasteiger charge is 2.20. The molecule has 0 spiro atoms. The van der Waals surface area contributed by atoms with Gasteiger partial charge in [0, 0.05) is 18.8 Å². The van der Waals surface area contributed by atoms with Gasteiger partial charge in [-0.1, -0.05) is 22.5 Å².